The molecule has 0 atom stereocenters. The van der Waals surface area contributed by atoms with Gasteiger partial charge < -0.3 is 4.98 Å². The van der Waals surface area contributed by atoms with E-state index in [9.17, 15) is 8.42 Å². The standard InChI is InChI=1S/C20H19Cl2N2O2S/c21-15-7-9-18-14(10-15)11-19(23-18)13-6-8-17(22)20(12-13)27(25,26)24-16-4-2-1-3-5-16/h6-10,12,16,23-24H,1-5H2. The molecule has 1 aromatic heterocycles. The van der Waals surface area contributed by atoms with Crippen LogP contribution in [-0.2, 0) is 10.0 Å². The minimum absolute atomic E-state index is 0.0229. The Kier molecular flexibility index (Phi) is 5.21. The van der Waals surface area contributed by atoms with E-state index in [1.165, 1.54) is 0 Å². The van der Waals surface area contributed by atoms with Gasteiger partial charge in [0.25, 0.3) is 0 Å². The summed E-state index contributed by atoms with van der Waals surface area (Å²) in [7, 11) is -3.69. The van der Waals surface area contributed by atoms with Crippen LogP contribution in [0.2, 0.25) is 10.0 Å². The Balaban J connectivity index is 1.69. The van der Waals surface area contributed by atoms with Gasteiger partial charge in [-0.15, -0.1) is 0 Å². The molecule has 0 bridgehead atoms. The van der Waals surface area contributed by atoms with Crippen LogP contribution < -0.4 is 4.72 Å². The lowest BCUT2D eigenvalue weighted by atomic mass is 9.96. The Morgan fingerprint density at radius 1 is 1.04 bits per heavy atom. The third-order valence-electron chi connectivity index (χ3n) is 4.94. The highest BCUT2D eigenvalue weighted by molar-refractivity contribution is 7.89. The first-order chi connectivity index (χ1) is 12.9. The van der Waals surface area contributed by atoms with Crippen LogP contribution in [0.5, 0.6) is 0 Å². The Morgan fingerprint density at radius 3 is 2.59 bits per heavy atom. The normalized spacial score (nSPS) is 16.1. The average Bonchev–Trinajstić information content (AvgIpc) is 3.05. The number of hydrogen-bond acceptors (Lipinski definition) is 2. The molecular weight excluding hydrogens is 403 g/mol. The Labute approximate surface area is 168 Å². The van der Waals surface area contributed by atoms with Gasteiger partial charge in [-0.1, -0.05) is 48.5 Å². The number of aromatic amines is 1. The summed E-state index contributed by atoms with van der Waals surface area (Å²) in [6.07, 6.45) is 5.00. The molecule has 0 aliphatic heterocycles. The molecular formula is C20H19Cl2N2O2S. The van der Waals surface area contributed by atoms with Crippen LogP contribution in [-0.4, -0.2) is 19.4 Å². The van der Waals surface area contributed by atoms with Gasteiger partial charge in [-0.05, 0) is 43.2 Å². The van der Waals surface area contributed by atoms with E-state index in [0.29, 0.717) is 16.3 Å². The molecule has 1 radical (unpaired) electrons. The first kappa shape index (κ1) is 18.8. The summed E-state index contributed by atoms with van der Waals surface area (Å²) < 4.78 is 28.6. The van der Waals surface area contributed by atoms with Crippen LogP contribution in [0.4, 0.5) is 0 Å². The number of benzene rings is 2. The van der Waals surface area contributed by atoms with E-state index in [0.717, 1.165) is 43.0 Å². The number of fused-ring (bicyclic) bond motifs is 1. The van der Waals surface area contributed by atoms with Gasteiger partial charge in [-0.2, -0.15) is 0 Å². The van der Waals surface area contributed by atoms with Gasteiger partial charge in [0.1, 0.15) is 4.90 Å². The van der Waals surface area contributed by atoms with Gasteiger partial charge in [0.05, 0.1) is 10.7 Å². The molecule has 2 aromatic carbocycles. The van der Waals surface area contributed by atoms with Gasteiger partial charge in [0.15, 0.2) is 0 Å². The van der Waals surface area contributed by atoms with Crippen molar-refractivity contribution < 1.29 is 8.42 Å². The molecule has 141 valence electrons. The molecule has 1 aliphatic rings. The molecule has 1 aliphatic carbocycles. The van der Waals surface area contributed by atoms with Crippen molar-refractivity contribution in [3.63, 3.8) is 0 Å². The zero-order valence-electron chi connectivity index (χ0n) is 14.6. The summed E-state index contributed by atoms with van der Waals surface area (Å²) in [5, 5.41) is 1.68. The maximum absolute atomic E-state index is 12.9. The molecule has 0 unspecified atom stereocenters. The largest absolute Gasteiger partial charge is 0.354 e. The van der Waals surface area contributed by atoms with E-state index in [1.807, 2.05) is 12.1 Å². The third kappa shape index (κ3) is 4.02. The monoisotopic (exact) mass is 421 g/mol. The zero-order valence-corrected chi connectivity index (χ0v) is 16.9. The van der Waals surface area contributed by atoms with Crippen LogP contribution in [0.3, 0.4) is 0 Å². The van der Waals surface area contributed by atoms with E-state index >= 15 is 0 Å². The van der Waals surface area contributed by atoms with Crippen LogP contribution >= 0.6 is 23.2 Å². The summed E-state index contributed by atoms with van der Waals surface area (Å²) in [6, 6.07) is 13.7. The van der Waals surface area contributed by atoms with Crippen molar-refractivity contribution >= 4 is 44.1 Å². The molecule has 7 heteroatoms. The van der Waals surface area contributed by atoms with Crippen molar-refractivity contribution in [2.24, 2.45) is 0 Å². The van der Waals surface area contributed by atoms with Gasteiger partial charge in [-0.25, -0.2) is 13.1 Å². The maximum atomic E-state index is 12.9. The summed E-state index contributed by atoms with van der Waals surface area (Å²) in [6.45, 7) is 0. The lowest BCUT2D eigenvalue weighted by molar-refractivity contribution is 0.412. The van der Waals surface area contributed by atoms with Gasteiger partial charge in [-0.3, -0.25) is 0 Å². The second-order valence-corrected chi connectivity index (χ2v) is 9.44. The fraction of sp³-hybridized carbons (Fsp3) is 0.300. The number of rotatable bonds is 4. The predicted octanol–water partition coefficient (Wildman–Crippen LogP) is 5.55. The topological polar surface area (TPSA) is 62.0 Å². The molecule has 4 nitrogen and oxygen atoms in total. The van der Waals surface area contributed by atoms with Crippen LogP contribution in [0.15, 0.2) is 41.3 Å². The SMILES string of the molecule is O=S(=O)(NC1CCCCC1)c1cc(-c2[c]c3cc(Cl)ccc3[nH]2)ccc1Cl. The fourth-order valence-electron chi connectivity index (χ4n) is 3.54. The highest BCUT2D eigenvalue weighted by Gasteiger charge is 2.24. The minimum Gasteiger partial charge on any atom is -0.354 e. The first-order valence-corrected chi connectivity index (χ1v) is 11.2. The van der Waals surface area contributed by atoms with E-state index < -0.39 is 10.0 Å². The fourth-order valence-corrected chi connectivity index (χ4v) is 5.54. The van der Waals surface area contributed by atoms with E-state index in [2.05, 4.69) is 15.8 Å². The molecule has 0 spiro atoms. The lowest BCUT2D eigenvalue weighted by Crippen LogP contribution is -2.36. The van der Waals surface area contributed by atoms with Crippen molar-refractivity contribution in [3.05, 3.63) is 52.5 Å². The number of aromatic nitrogens is 1. The minimum atomic E-state index is -3.69. The van der Waals surface area contributed by atoms with Crippen molar-refractivity contribution in [1.82, 2.24) is 9.71 Å². The predicted molar refractivity (Wildman–Crippen MR) is 110 cm³/mol. The summed E-state index contributed by atoms with van der Waals surface area (Å²) >= 11 is 12.3. The van der Waals surface area contributed by atoms with Crippen LogP contribution in [0, 0.1) is 6.07 Å². The number of hydrogen-bond donors (Lipinski definition) is 2. The highest BCUT2D eigenvalue weighted by atomic mass is 35.5. The van der Waals surface area contributed by atoms with E-state index in [-0.39, 0.29) is 16.0 Å². The van der Waals surface area contributed by atoms with Gasteiger partial charge in [0, 0.05) is 33.6 Å². The van der Waals surface area contributed by atoms with Crippen molar-refractivity contribution in [2.75, 3.05) is 0 Å². The molecule has 3 aromatic rings. The summed E-state index contributed by atoms with van der Waals surface area (Å²) in [5.74, 6) is 0. The average molecular weight is 422 g/mol. The van der Waals surface area contributed by atoms with Gasteiger partial charge >= 0.3 is 0 Å². The zero-order chi connectivity index (χ0) is 19.0. The molecule has 2 N–H and O–H groups in total. The lowest BCUT2D eigenvalue weighted by Gasteiger charge is -2.23. The van der Waals surface area contributed by atoms with E-state index in [1.54, 1.807) is 24.3 Å². The quantitative estimate of drug-likeness (QED) is 0.579. The number of sulfonamides is 1. The van der Waals surface area contributed by atoms with Crippen LogP contribution in [0.25, 0.3) is 22.2 Å². The first-order valence-electron chi connectivity index (χ1n) is 8.95. The maximum Gasteiger partial charge on any atom is 0.242 e. The molecule has 27 heavy (non-hydrogen) atoms. The highest BCUT2D eigenvalue weighted by Crippen LogP contribution is 2.31. The summed E-state index contributed by atoms with van der Waals surface area (Å²) in [4.78, 5) is 3.34. The van der Waals surface area contributed by atoms with E-state index in [4.69, 9.17) is 23.2 Å². The number of halogens is 2. The molecule has 4 rings (SSSR count). The Hall–Kier alpha value is -1.53. The molecule has 0 amide bonds. The van der Waals surface area contributed by atoms with Crippen molar-refractivity contribution in [1.29, 1.82) is 0 Å². The summed E-state index contributed by atoms with van der Waals surface area (Å²) in [5.41, 5.74) is 2.28. The second kappa shape index (κ2) is 7.47. The number of nitrogens with one attached hydrogen (secondary N) is 2. The van der Waals surface area contributed by atoms with Crippen molar-refractivity contribution in [3.8, 4) is 11.3 Å². The Morgan fingerprint density at radius 2 is 1.81 bits per heavy atom. The Bertz CT molecular complexity index is 1090. The molecule has 1 saturated carbocycles. The molecule has 0 saturated heterocycles. The molecule has 1 fully saturated rings. The molecule has 1 heterocycles. The smallest absolute Gasteiger partial charge is 0.242 e. The number of H-pyrrole nitrogens is 1. The van der Waals surface area contributed by atoms with Crippen molar-refractivity contribution in [2.45, 2.75) is 43.0 Å². The van der Waals surface area contributed by atoms with Crippen LogP contribution in [0.1, 0.15) is 32.1 Å². The second-order valence-electron chi connectivity index (χ2n) is 6.92. The van der Waals surface area contributed by atoms with Gasteiger partial charge in [0.2, 0.25) is 10.0 Å². The third-order valence-corrected chi connectivity index (χ3v) is 7.17.